The summed E-state index contributed by atoms with van der Waals surface area (Å²) in [5.74, 6) is -2.13. The Labute approximate surface area is 113 Å². The number of benzene rings is 2. The number of amides is 1. The zero-order valence-corrected chi connectivity index (χ0v) is 10.3. The van der Waals surface area contributed by atoms with Crippen molar-refractivity contribution < 1.29 is 13.6 Å². The molecule has 0 spiro atoms. The van der Waals surface area contributed by atoms with Crippen LogP contribution in [0, 0.1) is 11.6 Å². The van der Waals surface area contributed by atoms with Crippen LogP contribution in [0.1, 0.15) is 10.4 Å². The summed E-state index contributed by atoms with van der Waals surface area (Å²) >= 11 is 5.75. The topological polar surface area (TPSA) is 55.1 Å². The van der Waals surface area contributed by atoms with Crippen LogP contribution in [-0.2, 0) is 0 Å². The van der Waals surface area contributed by atoms with E-state index in [-0.39, 0.29) is 22.0 Å². The lowest BCUT2D eigenvalue weighted by Crippen LogP contribution is -2.14. The number of carbonyl (C=O) groups excluding carboxylic acids is 1. The minimum Gasteiger partial charge on any atom is -0.399 e. The smallest absolute Gasteiger partial charge is 0.260 e. The first-order chi connectivity index (χ1) is 8.97. The molecule has 0 aliphatic rings. The van der Waals surface area contributed by atoms with Gasteiger partial charge >= 0.3 is 0 Å². The number of hydrogen-bond donors (Lipinski definition) is 2. The Morgan fingerprint density at radius 3 is 2.58 bits per heavy atom. The van der Waals surface area contributed by atoms with Crippen LogP contribution >= 0.6 is 11.6 Å². The fourth-order valence-electron chi connectivity index (χ4n) is 1.59. The molecule has 6 heteroatoms. The number of nitrogens with two attached hydrogens (primary N) is 1. The van der Waals surface area contributed by atoms with Crippen molar-refractivity contribution >= 4 is 28.9 Å². The van der Waals surface area contributed by atoms with Crippen molar-refractivity contribution in [2.75, 3.05) is 11.1 Å². The molecule has 98 valence electrons. The Kier molecular flexibility index (Phi) is 3.66. The summed E-state index contributed by atoms with van der Waals surface area (Å²) in [7, 11) is 0. The third kappa shape index (κ3) is 3.00. The van der Waals surface area contributed by atoms with Crippen molar-refractivity contribution in [2.24, 2.45) is 0 Å². The normalized spacial score (nSPS) is 10.3. The highest BCUT2D eigenvalue weighted by molar-refractivity contribution is 6.34. The van der Waals surface area contributed by atoms with Gasteiger partial charge < -0.3 is 11.1 Å². The summed E-state index contributed by atoms with van der Waals surface area (Å²) in [6.07, 6.45) is 0. The molecule has 2 aromatic carbocycles. The number of nitrogen functional groups attached to an aromatic ring is 1. The van der Waals surface area contributed by atoms with Crippen LogP contribution in [-0.4, -0.2) is 5.91 Å². The molecule has 0 saturated carbocycles. The maximum atomic E-state index is 13.5. The highest BCUT2D eigenvalue weighted by Crippen LogP contribution is 2.21. The summed E-state index contributed by atoms with van der Waals surface area (Å²) in [5, 5.41) is 2.31. The molecule has 0 bridgehead atoms. The fraction of sp³-hybridized carbons (Fsp3) is 0. The van der Waals surface area contributed by atoms with Crippen LogP contribution in [0.4, 0.5) is 20.2 Å². The highest BCUT2D eigenvalue weighted by Gasteiger charge is 2.16. The van der Waals surface area contributed by atoms with Gasteiger partial charge in [0.05, 0.1) is 10.6 Å². The van der Waals surface area contributed by atoms with Crippen LogP contribution in [0.5, 0.6) is 0 Å². The van der Waals surface area contributed by atoms with E-state index >= 15 is 0 Å². The van der Waals surface area contributed by atoms with Crippen LogP contribution in [0.2, 0.25) is 5.02 Å². The van der Waals surface area contributed by atoms with Crippen LogP contribution in [0.3, 0.4) is 0 Å². The zero-order valence-electron chi connectivity index (χ0n) is 9.58. The number of rotatable bonds is 2. The molecule has 2 aromatic rings. The molecule has 0 aliphatic carbocycles. The number of hydrogen-bond acceptors (Lipinski definition) is 2. The zero-order chi connectivity index (χ0) is 14.0. The number of nitrogens with one attached hydrogen (secondary N) is 1. The molecule has 3 N–H and O–H groups in total. The van der Waals surface area contributed by atoms with Gasteiger partial charge in [-0.3, -0.25) is 4.79 Å². The van der Waals surface area contributed by atoms with Gasteiger partial charge in [0, 0.05) is 11.4 Å². The lowest BCUT2D eigenvalue weighted by Gasteiger charge is -2.08. The van der Waals surface area contributed by atoms with E-state index < -0.39 is 17.5 Å². The van der Waals surface area contributed by atoms with Gasteiger partial charge in [0.15, 0.2) is 0 Å². The first-order valence-electron chi connectivity index (χ1n) is 5.29. The van der Waals surface area contributed by atoms with Crippen molar-refractivity contribution in [3.05, 3.63) is 58.6 Å². The number of carbonyl (C=O) groups is 1. The van der Waals surface area contributed by atoms with Gasteiger partial charge in [0.1, 0.15) is 11.6 Å². The molecule has 0 atom stereocenters. The molecule has 0 radical (unpaired) electrons. The third-order valence-electron chi connectivity index (χ3n) is 2.37. The molecule has 19 heavy (non-hydrogen) atoms. The Morgan fingerprint density at radius 1 is 1.21 bits per heavy atom. The molecule has 0 fully saturated rings. The van der Waals surface area contributed by atoms with Crippen LogP contribution in [0.15, 0.2) is 36.4 Å². The Hall–Kier alpha value is -2.14. The van der Waals surface area contributed by atoms with Crippen molar-refractivity contribution in [1.82, 2.24) is 0 Å². The monoisotopic (exact) mass is 282 g/mol. The lowest BCUT2D eigenvalue weighted by molar-refractivity contribution is 0.102. The van der Waals surface area contributed by atoms with E-state index in [9.17, 15) is 13.6 Å². The van der Waals surface area contributed by atoms with Crippen LogP contribution < -0.4 is 11.1 Å². The van der Waals surface area contributed by atoms with E-state index in [1.165, 1.54) is 18.2 Å². The summed E-state index contributed by atoms with van der Waals surface area (Å²) < 4.78 is 26.6. The quantitative estimate of drug-likeness (QED) is 0.829. The fourth-order valence-corrected chi connectivity index (χ4v) is 1.84. The molecule has 3 nitrogen and oxygen atoms in total. The third-order valence-corrected chi connectivity index (χ3v) is 2.68. The van der Waals surface area contributed by atoms with E-state index in [4.69, 9.17) is 17.3 Å². The van der Waals surface area contributed by atoms with Crippen molar-refractivity contribution in [2.45, 2.75) is 0 Å². The van der Waals surface area contributed by atoms with Crippen LogP contribution in [0.25, 0.3) is 0 Å². The molecule has 2 rings (SSSR count). The first-order valence-corrected chi connectivity index (χ1v) is 5.66. The summed E-state index contributed by atoms with van der Waals surface area (Å²) in [6.45, 7) is 0. The van der Waals surface area contributed by atoms with Crippen molar-refractivity contribution in [3.63, 3.8) is 0 Å². The highest BCUT2D eigenvalue weighted by atomic mass is 35.5. The lowest BCUT2D eigenvalue weighted by atomic mass is 10.2. The van der Waals surface area contributed by atoms with Gasteiger partial charge in [-0.1, -0.05) is 17.7 Å². The number of halogens is 3. The van der Waals surface area contributed by atoms with Gasteiger partial charge in [-0.05, 0) is 30.3 Å². The molecule has 0 saturated heterocycles. The maximum absolute atomic E-state index is 13.5. The van der Waals surface area contributed by atoms with E-state index in [0.29, 0.717) is 0 Å². The second-order valence-electron chi connectivity index (χ2n) is 3.82. The molecule has 1 amide bonds. The molecular formula is C13H9ClF2N2O. The summed E-state index contributed by atoms with van der Waals surface area (Å²) in [5.41, 5.74) is 5.42. The largest absolute Gasteiger partial charge is 0.399 e. The molecule has 0 aromatic heterocycles. The predicted molar refractivity (Wildman–Crippen MR) is 70.2 cm³/mol. The molecule has 0 aliphatic heterocycles. The SMILES string of the molecule is Nc1cc(F)cc(NC(=O)c2c(F)cccc2Cl)c1. The van der Waals surface area contributed by atoms with E-state index in [1.807, 2.05) is 0 Å². The van der Waals surface area contributed by atoms with Gasteiger partial charge in [0.25, 0.3) is 5.91 Å². The Bertz CT molecular complexity index is 606. The van der Waals surface area contributed by atoms with Crippen molar-refractivity contribution in [3.8, 4) is 0 Å². The molecular weight excluding hydrogens is 274 g/mol. The van der Waals surface area contributed by atoms with E-state index in [2.05, 4.69) is 5.32 Å². The second-order valence-corrected chi connectivity index (χ2v) is 4.23. The average molecular weight is 283 g/mol. The van der Waals surface area contributed by atoms with Gasteiger partial charge in [-0.15, -0.1) is 0 Å². The number of anilines is 2. The summed E-state index contributed by atoms with van der Waals surface area (Å²) in [6, 6.07) is 7.42. The van der Waals surface area contributed by atoms with Gasteiger partial charge in [0.2, 0.25) is 0 Å². The van der Waals surface area contributed by atoms with Crippen molar-refractivity contribution in [1.29, 1.82) is 0 Å². The second kappa shape index (κ2) is 5.24. The van der Waals surface area contributed by atoms with E-state index in [1.54, 1.807) is 0 Å². The Balaban J connectivity index is 2.31. The first kappa shape index (κ1) is 13.3. The standard InChI is InChI=1S/C13H9ClF2N2O/c14-10-2-1-3-11(16)12(10)13(19)18-9-5-7(15)4-8(17)6-9/h1-6H,17H2,(H,18,19). The summed E-state index contributed by atoms with van der Waals surface area (Å²) in [4.78, 5) is 11.9. The predicted octanol–water partition coefficient (Wildman–Crippen LogP) is 3.45. The molecule has 0 heterocycles. The van der Waals surface area contributed by atoms with Gasteiger partial charge in [-0.2, -0.15) is 0 Å². The molecule has 0 unspecified atom stereocenters. The Morgan fingerprint density at radius 2 is 1.95 bits per heavy atom. The maximum Gasteiger partial charge on any atom is 0.260 e. The average Bonchev–Trinajstić information content (AvgIpc) is 2.26. The minimum atomic E-state index is -0.770. The minimum absolute atomic E-state index is 0.0260. The van der Waals surface area contributed by atoms with E-state index in [0.717, 1.165) is 18.2 Å². The van der Waals surface area contributed by atoms with Gasteiger partial charge in [-0.25, -0.2) is 8.78 Å².